The standard InChI is InChI=1S/C14H20N2O2/c1-14(13(17)18,12-6-4-3-5-7-12)16-10-8-15(2)9-11-16/h3-7H,8-11H2,1-2H3,(H,17,18). The Labute approximate surface area is 108 Å². The zero-order valence-corrected chi connectivity index (χ0v) is 11.0. The summed E-state index contributed by atoms with van der Waals surface area (Å²) in [6, 6.07) is 9.49. The Bertz CT molecular complexity index is 413. The number of benzene rings is 1. The molecule has 1 unspecified atom stereocenters. The molecule has 1 aliphatic rings. The van der Waals surface area contributed by atoms with Gasteiger partial charge in [-0.1, -0.05) is 30.3 Å². The lowest BCUT2D eigenvalue weighted by molar-refractivity contribution is -0.152. The molecule has 1 atom stereocenters. The summed E-state index contributed by atoms with van der Waals surface area (Å²) >= 11 is 0. The molecule has 2 rings (SSSR count). The van der Waals surface area contributed by atoms with Crippen LogP contribution in [0.1, 0.15) is 12.5 Å². The van der Waals surface area contributed by atoms with E-state index in [1.807, 2.05) is 30.3 Å². The van der Waals surface area contributed by atoms with Crippen LogP contribution in [0.15, 0.2) is 30.3 Å². The summed E-state index contributed by atoms with van der Waals surface area (Å²) in [6.07, 6.45) is 0. The Hall–Kier alpha value is -1.39. The summed E-state index contributed by atoms with van der Waals surface area (Å²) in [6.45, 7) is 5.20. The van der Waals surface area contributed by atoms with Crippen LogP contribution in [0.3, 0.4) is 0 Å². The molecule has 0 aromatic heterocycles. The van der Waals surface area contributed by atoms with Crippen LogP contribution in [0.4, 0.5) is 0 Å². The van der Waals surface area contributed by atoms with E-state index in [0.717, 1.165) is 31.7 Å². The molecule has 18 heavy (non-hydrogen) atoms. The van der Waals surface area contributed by atoms with Crippen molar-refractivity contribution < 1.29 is 9.90 Å². The Morgan fingerprint density at radius 3 is 2.22 bits per heavy atom. The minimum atomic E-state index is -0.928. The van der Waals surface area contributed by atoms with E-state index in [2.05, 4.69) is 16.8 Å². The van der Waals surface area contributed by atoms with Crippen molar-refractivity contribution in [2.24, 2.45) is 0 Å². The third-order valence-electron chi connectivity index (χ3n) is 3.89. The van der Waals surface area contributed by atoms with E-state index < -0.39 is 11.5 Å². The molecule has 0 amide bonds. The largest absolute Gasteiger partial charge is 0.480 e. The molecule has 0 spiro atoms. The van der Waals surface area contributed by atoms with Gasteiger partial charge < -0.3 is 10.0 Å². The van der Waals surface area contributed by atoms with Crippen molar-refractivity contribution in [2.75, 3.05) is 33.2 Å². The van der Waals surface area contributed by atoms with Gasteiger partial charge in [0.15, 0.2) is 0 Å². The number of nitrogens with zero attached hydrogens (tertiary/aromatic N) is 2. The van der Waals surface area contributed by atoms with Gasteiger partial charge in [0.05, 0.1) is 0 Å². The summed E-state index contributed by atoms with van der Waals surface area (Å²) < 4.78 is 0. The van der Waals surface area contributed by atoms with Gasteiger partial charge in [0.1, 0.15) is 5.54 Å². The van der Waals surface area contributed by atoms with Crippen LogP contribution in [-0.2, 0) is 10.3 Å². The normalized spacial score (nSPS) is 21.4. The highest BCUT2D eigenvalue weighted by atomic mass is 16.4. The summed E-state index contributed by atoms with van der Waals surface area (Å²) in [5.74, 6) is -0.779. The molecule has 1 heterocycles. The second kappa shape index (κ2) is 5.08. The van der Waals surface area contributed by atoms with Crippen LogP contribution in [-0.4, -0.2) is 54.1 Å². The molecule has 98 valence electrons. The summed E-state index contributed by atoms with van der Waals surface area (Å²) in [7, 11) is 2.07. The molecule has 1 aromatic rings. The smallest absolute Gasteiger partial charge is 0.328 e. The number of carboxylic acid groups (broad SMARTS) is 1. The predicted octanol–water partition coefficient (Wildman–Crippen LogP) is 1.23. The predicted molar refractivity (Wildman–Crippen MR) is 70.5 cm³/mol. The molecule has 1 N–H and O–H groups in total. The number of carboxylic acids is 1. The number of piperazine rings is 1. The van der Waals surface area contributed by atoms with Gasteiger partial charge in [-0.25, -0.2) is 4.79 Å². The molecule has 1 fully saturated rings. The molecule has 4 nitrogen and oxygen atoms in total. The number of rotatable bonds is 3. The first-order valence-electron chi connectivity index (χ1n) is 6.27. The highest BCUT2D eigenvalue weighted by molar-refractivity contribution is 5.80. The fourth-order valence-electron chi connectivity index (χ4n) is 2.46. The topological polar surface area (TPSA) is 43.8 Å². The van der Waals surface area contributed by atoms with Gasteiger partial charge in [0, 0.05) is 26.2 Å². The van der Waals surface area contributed by atoms with E-state index >= 15 is 0 Å². The molecule has 1 aliphatic heterocycles. The summed E-state index contributed by atoms with van der Waals surface area (Å²) in [4.78, 5) is 16.0. The van der Waals surface area contributed by atoms with Gasteiger partial charge in [-0.05, 0) is 19.5 Å². The molecule has 4 heteroatoms. The Balaban J connectivity index is 2.30. The van der Waals surface area contributed by atoms with E-state index in [0.29, 0.717) is 0 Å². The number of likely N-dealkylation sites (N-methyl/N-ethyl adjacent to an activating group) is 1. The summed E-state index contributed by atoms with van der Waals surface area (Å²) in [5.41, 5.74) is -0.0789. The van der Waals surface area contributed by atoms with Crippen molar-refractivity contribution in [1.29, 1.82) is 0 Å². The van der Waals surface area contributed by atoms with Gasteiger partial charge in [-0.3, -0.25) is 4.90 Å². The molecule has 0 bridgehead atoms. The second-order valence-electron chi connectivity index (χ2n) is 5.03. The lowest BCUT2D eigenvalue weighted by Crippen LogP contribution is -2.56. The Morgan fingerprint density at radius 2 is 1.72 bits per heavy atom. The monoisotopic (exact) mass is 248 g/mol. The quantitative estimate of drug-likeness (QED) is 0.874. The van der Waals surface area contributed by atoms with E-state index in [4.69, 9.17) is 0 Å². The maximum atomic E-state index is 11.7. The molecular formula is C14H20N2O2. The van der Waals surface area contributed by atoms with Gasteiger partial charge in [0.2, 0.25) is 0 Å². The minimum absolute atomic E-state index is 0.779. The van der Waals surface area contributed by atoms with Crippen molar-refractivity contribution in [3.05, 3.63) is 35.9 Å². The maximum absolute atomic E-state index is 11.7. The fraction of sp³-hybridized carbons (Fsp3) is 0.500. The van der Waals surface area contributed by atoms with Crippen LogP contribution in [0.2, 0.25) is 0 Å². The Kier molecular flexibility index (Phi) is 3.68. The molecule has 0 saturated carbocycles. The number of hydrogen-bond acceptors (Lipinski definition) is 3. The molecule has 0 radical (unpaired) electrons. The van der Waals surface area contributed by atoms with Gasteiger partial charge in [-0.2, -0.15) is 0 Å². The van der Waals surface area contributed by atoms with E-state index in [9.17, 15) is 9.90 Å². The first-order chi connectivity index (χ1) is 8.55. The highest BCUT2D eigenvalue weighted by Crippen LogP contribution is 2.29. The molecule has 0 aliphatic carbocycles. The van der Waals surface area contributed by atoms with Crippen molar-refractivity contribution >= 4 is 5.97 Å². The average molecular weight is 248 g/mol. The van der Waals surface area contributed by atoms with Crippen LogP contribution in [0.25, 0.3) is 0 Å². The third kappa shape index (κ3) is 2.26. The van der Waals surface area contributed by atoms with E-state index in [1.54, 1.807) is 6.92 Å². The zero-order chi connectivity index (χ0) is 13.2. The van der Waals surface area contributed by atoms with Crippen molar-refractivity contribution in [3.8, 4) is 0 Å². The Morgan fingerprint density at radius 1 is 1.17 bits per heavy atom. The number of aliphatic carboxylic acids is 1. The van der Waals surface area contributed by atoms with Crippen LogP contribution >= 0.6 is 0 Å². The average Bonchev–Trinajstić information content (AvgIpc) is 2.39. The zero-order valence-electron chi connectivity index (χ0n) is 11.0. The highest BCUT2D eigenvalue weighted by Gasteiger charge is 2.42. The maximum Gasteiger partial charge on any atom is 0.328 e. The lowest BCUT2D eigenvalue weighted by Gasteiger charge is -2.42. The molecule has 1 aromatic carbocycles. The molecule has 1 saturated heterocycles. The van der Waals surface area contributed by atoms with Crippen LogP contribution < -0.4 is 0 Å². The second-order valence-corrected chi connectivity index (χ2v) is 5.03. The van der Waals surface area contributed by atoms with Crippen molar-refractivity contribution in [3.63, 3.8) is 0 Å². The van der Waals surface area contributed by atoms with Crippen molar-refractivity contribution in [2.45, 2.75) is 12.5 Å². The van der Waals surface area contributed by atoms with E-state index in [-0.39, 0.29) is 0 Å². The van der Waals surface area contributed by atoms with Gasteiger partial charge >= 0.3 is 5.97 Å². The first-order valence-corrected chi connectivity index (χ1v) is 6.27. The summed E-state index contributed by atoms with van der Waals surface area (Å²) in [5, 5.41) is 9.65. The van der Waals surface area contributed by atoms with Crippen LogP contribution in [0, 0.1) is 0 Å². The SMILES string of the molecule is CN1CCN(C(C)(C(=O)O)c2ccccc2)CC1. The lowest BCUT2D eigenvalue weighted by atomic mass is 9.89. The third-order valence-corrected chi connectivity index (χ3v) is 3.89. The van der Waals surface area contributed by atoms with Crippen molar-refractivity contribution in [1.82, 2.24) is 9.80 Å². The van der Waals surface area contributed by atoms with Gasteiger partial charge in [0.25, 0.3) is 0 Å². The minimum Gasteiger partial charge on any atom is -0.480 e. The number of hydrogen-bond donors (Lipinski definition) is 1. The molecular weight excluding hydrogens is 228 g/mol. The van der Waals surface area contributed by atoms with Gasteiger partial charge in [-0.15, -0.1) is 0 Å². The van der Waals surface area contributed by atoms with Crippen LogP contribution in [0.5, 0.6) is 0 Å². The fourth-order valence-corrected chi connectivity index (χ4v) is 2.46. The number of carbonyl (C=O) groups is 1. The first kappa shape index (κ1) is 13.1. The van der Waals surface area contributed by atoms with E-state index in [1.165, 1.54) is 0 Å².